The van der Waals surface area contributed by atoms with Crippen LogP contribution in [0.2, 0.25) is 0 Å². The maximum atomic E-state index is 12.6. The Bertz CT molecular complexity index is 606. The van der Waals surface area contributed by atoms with Crippen LogP contribution in [0.4, 0.5) is 10.5 Å². The Labute approximate surface area is 124 Å². The van der Waals surface area contributed by atoms with E-state index in [9.17, 15) is 9.59 Å². The molecule has 0 saturated carbocycles. The first kappa shape index (κ1) is 13.9. The largest absolute Gasteiger partial charge is 0.444 e. The third-order valence-electron chi connectivity index (χ3n) is 3.90. The minimum Gasteiger partial charge on any atom is -0.444 e. The number of carbonyl (C=O) groups is 2. The number of nitrogens with zero attached hydrogens (tertiary/aromatic N) is 1. The second-order valence-electron chi connectivity index (χ2n) is 6.73. The topological polar surface area (TPSA) is 58.6 Å². The third kappa shape index (κ3) is 2.37. The number of amides is 1. The number of Topliss-reactive ketones (excluding diaryl/α,β-unsaturated/α-hetero) is 1. The maximum Gasteiger partial charge on any atom is 0.410 e. The molecule has 1 aromatic carbocycles. The van der Waals surface area contributed by atoms with E-state index in [1.807, 2.05) is 45.0 Å². The Balaban J connectivity index is 1.76. The zero-order valence-corrected chi connectivity index (χ0v) is 12.6. The number of para-hydroxylation sites is 1. The van der Waals surface area contributed by atoms with Crippen LogP contribution in [0.3, 0.4) is 0 Å². The summed E-state index contributed by atoms with van der Waals surface area (Å²) in [5.41, 5.74) is 0.362. The lowest BCUT2D eigenvalue weighted by molar-refractivity contribution is 0.0288. The minimum atomic E-state index is -0.680. The average Bonchev–Trinajstić information content (AvgIpc) is 2.93. The zero-order chi connectivity index (χ0) is 15.3. The predicted octanol–water partition coefficient (Wildman–Crippen LogP) is 2.67. The average molecular weight is 288 g/mol. The van der Waals surface area contributed by atoms with Crippen LogP contribution >= 0.6 is 0 Å². The van der Waals surface area contributed by atoms with Gasteiger partial charge in [0.2, 0.25) is 0 Å². The lowest BCUT2D eigenvalue weighted by Gasteiger charge is -2.26. The number of ketones is 1. The molecule has 1 N–H and O–H groups in total. The van der Waals surface area contributed by atoms with Gasteiger partial charge in [0.05, 0.1) is 6.54 Å². The Morgan fingerprint density at radius 2 is 2.05 bits per heavy atom. The lowest BCUT2D eigenvalue weighted by Crippen LogP contribution is -2.46. The van der Waals surface area contributed by atoms with Gasteiger partial charge in [0, 0.05) is 17.8 Å². The van der Waals surface area contributed by atoms with Crippen molar-refractivity contribution in [2.24, 2.45) is 0 Å². The molecule has 0 radical (unpaired) electrons. The zero-order valence-electron chi connectivity index (χ0n) is 12.6. The molecule has 0 unspecified atom stereocenters. The van der Waals surface area contributed by atoms with E-state index in [-0.39, 0.29) is 11.9 Å². The molecule has 5 heteroatoms. The highest BCUT2D eigenvalue weighted by molar-refractivity contribution is 6.14. The summed E-state index contributed by atoms with van der Waals surface area (Å²) in [6.07, 6.45) is 0.254. The third-order valence-corrected chi connectivity index (χ3v) is 3.90. The fourth-order valence-corrected chi connectivity index (χ4v) is 2.94. The monoisotopic (exact) mass is 288 g/mol. The van der Waals surface area contributed by atoms with Crippen LogP contribution < -0.4 is 5.32 Å². The predicted molar refractivity (Wildman–Crippen MR) is 79.6 cm³/mol. The SMILES string of the molecule is CC(C)(C)OC(=O)N1CC[C@@]2(C1)Nc1ccccc1C2=O. The molecule has 0 aliphatic carbocycles. The summed E-state index contributed by atoms with van der Waals surface area (Å²) in [5, 5.41) is 3.31. The molecule has 2 aliphatic rings. The number of hydrogen-bond acceptors (Lipinski definition) is 4. The second-order valence-corrected chi connectivity index (χ2v) is 6.73. The number of carbonyl (C=O) groups excluding carboxylic acids is 2. The Morgan fingerprint density at radius 3 is 2.71 bits per heavy atom. The molecule has 0 bridgehead atoms. The van der Waals surface area contributed by atoms with Gasteiger partial charge in [0.25, 0.3) is 0 Å². The first-order valence-corrected chi connectivity index (χ1v) is 7.21. The molecule has 2 heterocycles. The summed E-state index contributed by atoms with van der Waals surface area (Å²) in [7, 11) is 0. The van der Waals surface area contributed by atoms with Gasteiger partial charge in [0.15, 0.2) is 5.78 Å². The number of rotatable bonds is 0. The Kier molecular flexibility index (Phi) is 2.97. The highest BCUT2D eigenvalue weighted by Crippen LogP contribution is 2.38. The molecule has 3 rings (SSSR count). The van der Waals surface area contributed by atoms with Gasteiger partial charge in [-0.2, -0.15) is 0 Å². The molecule has 1 amide bonds. The number of likely N-dealkylation sites (tertiary alicyclic amines) is 1. The van der Waals surface area contributed by atoms with Crippen molar-refractivity contribution in [3.05, 3.63) is 29.8 Å². The smallest absolute Gasteiger partial charge is 0.410 e. The van der Waals surface area contributed by atoms with Crippen molar-refractivity contribution >= 4 is 17.6 Å². The van der Waals surface area contributed by atoms with Crippen molar-refractivity contribution in [1.29, 1.82) is 0 Å². The molecule has 21 heavy (non-hydrogen) atoms. The standard InChI is InChI=1S/C16H20N2O3/c1-15(2,3)21-14(20)18-9-8-16(10-18)13(19)11-6-4-5-7-12(11)17-16/h4-7,17H,8-10H2,1-3H3/t16-/m0/s1. The second kappa shape index (κ2) is 4.48. The number of hydrogen-bond donors (Lipinski definition) is 1. The van der Waals surface area contributed by atoms with Crippen molar-refractivity contribution < 1.29 is 14.3 Å². The Hall–Kier alpha value is -2.04. The summed E-state index contributed by atoms with van der Waals surface area (Å²) in [6, 6.07) is 7.49. The van der Waals surface area contributed by atoms with Crippen molar-refractivity contribution in [3.8, 4) is 0 Å². The lowest BCUT2D eigenvalue weighted by atomic mass is 9.93. The molecule has 1 fully saturated rings. The van der Waals surface area contributed by atoms with Crippen molar-refractivity contribution in [3.63, 3.8) is 0 Å². The van der Waals surface area contributed by atoms with E-state index in [0.717, 1.165) is 5.69 Å². The first-order valence-electron chi connectivity index (χ1n) is 7.21. The van der Waals surface area contributed by atoms with E-state index >= 15 is 0 Å². The van der Waals surface area contributed by atoms with Crippen LogP contribution in [-0.4, -0.2) is 41.0 Å². The van der Waals surface area contributed by atoms with Gasteiger partial charge < -0.3 is 15.0 Å². The van der Waals surface area contributed by atoms with Crippen LogP contribution in [0.1, 0.15) is 37.6 Å². The van der Waals surface area contributed by atoms with Gasteiger partial charge in [0.1, 0.15) is 11.1 Å². The molecule has 1 saturated heterocycles. The molecule has 2 aliphatic heterocycles. The molecule has 1 aromatic rings. The number of benzene rings is 1. The van der Waals surface area contributed by atoms with Crippen LogP contribution in [-0.2, 0) is 4.74 Å². The molecule has 1 spiro atoms. The molecule has 1 atom stereocenters. The van der Waals surface area contributed by atoms with Crippen molar-refractivity contribution in [1.82, 2.24) is 4.90 Å². The van der Waals surface area contributed by atoms with Gasteiger partial charge in [-0.1, -0.05) is 12.1 Å². The highest BCUT2D eigenvalue weighted by atomic mass is 16.6. The summed E-state index contributed by atoms with van der Waals surface area (Å²) >= 11 is 0. The van der Waals surface area contributed by atoms with E-state index < -0.39 is 11.1 Å². The van der Waals surface area contributed by atoms with Gasteiger partial charge >= 0.3 is 6.09 Å². The molecular formula is C16H20N2O3. The molecule has 112 valence electrons. The van der Waals surface area contributed by atoms with E-state index in [0.29, 0.717) is 25.1 Å². The van der Waals surface area contributed by atoms with Gasteiger partial charge in [-0.3, -0.25) is 4.79 Å². The van der Waals surface area contributed by atoms with Gasteiger partial charge in [-0.15, -0.1) is 0 Å². The van der Waals surface area contributed by atoms with E-state index in [2.05, 4.69) is 5.32 Å². The Morgan fingerprint density at radius 1 is 1.33 bits per heavy atom. The minimum absolute atomic E-state index is 0.0733. The van der Waals surface area contributed by atoms with Crippen LogP contribution in [0.5, 0.6) is 0 Å². The quantitative estimate of drug-likeness (QED) is 0.797. The number of ether oxygens (including phenoxy) is 1. The van der Waals surface area contributed by atoms with Gasteiger partial charge in [-0.05, 0) is 39.3 Å². The van der Waals surface area contributed by atoms with E-state index in [1.165, 1.54) is 0 Å². The maximum absolute atomic E-state index is 12.6. The number of anilines is 1. The highest BCUT2D eigenvalue weighted by Gasteiger charge is 2.51. The first-order chi connectivity index (χ1) is 9.81. The van der Waals surface area contributed by atoms with Gasteiger partial charge in [-0.25, -0.2) is 4.79 Å². The van der Waals surface area contributed by atoms with Crippen LogP contribution in [0, 0.1) is 0 Å². The van der Waals surface area contributed by atoms with Crippen LogP contribution in [0.15, 0.2) is 24.3 Å². The number of nitrogens with one attached hydrogen (secondary N) is 1. The summed E-state index contributed by atoms with van der Waals surface area (Å²) in [5.74, 6) is 0.0733. The molecular weight excluding hydrogens is 268 g/mol. The molecule has 5 nitrogen and oxygen atoms in total. The van der Waals surface area contributed by atoms with Crippen molar-refractivity contribution in [2.45, 2.75) is 38.3 Å². The van der Waals surface area contributed by atoms with E-state index in [1.54, 1.807) is 4.90 Å². The van der Waals surface area contributed by atoms with Crippen LogP contribution in [0.25, 0.3) is 0 Å². The normalized spacial score (nSPS) is 24.1. The summed E-state index contributed by atoms with van der Waals surface area (Å²) in [4.78, 5) is 26.4. The molecule has 0 aromatic heterocycles. The summed E-state index contributed by atoms with van der Waals surface area (Å²) in [6.45, 7) is 6.40. The fourth-order valence-electron chi connectivity index (χ4n) is 2.94. The number of fused-ring (bicyclic) bond motifs is 1. The van der Waals surface area contributed by atoms with E-state index in [4.69, 9.17) is 4.74 Å². The summed E-state index contributed by atoms with van der Waals surface area (Å²) < 4.78 is 5.38. The fraction of sp³-hybridized carbons (Fsp3) is 0.500. The van der Waals surface area contributed by atoms with Crippen molar-refractivity contribution in [2.75, 3.05) is 18.4 Å².